The number of carbonyl (C=O) groups excluding carboxylic acids is 1. The second-order valence-corrected chi connectivity index (χ2v) is 4.68. The van der Waals surface area contributed by atoms with Crippen LogP contribution in [0.15, 0.2) is 0 Å². The molecule has 1 aromatic heterocycles. The molecule has 0 spiro atoms. The molecule has 2 rings (SSSR count). The zero-order valence-electron chi connectivity index (χ0n) is 7.75. The topological polar surface area (TPSA) is 75.0 Å². The van der Waals surface area contributed by atoms with Crippen molar-refractivity contribution in [3.8, 4) is 0 Å². The van der Waals surface area contributed by atoms with Crippen LogP contribution in [-0.2, 0) is 4.79 Å². The number of aryl methyl sites for hydroxylation is 1. The molecule has 1 aliphatic heterocycles. The van der Waals surface area contributed by atoms with E-state index in [-0.39, 0.29) is 10.7 Å². The second-order valence-electron chi connectivity index (χ2n) is 3.39. The second kappa shape index (κ2) is 3.27. The average Bonchev–Trinajstić information content (AvgIpc) is 2.57. The number of aromatic nitrogens is 2. The Morgan fingerprint density at radius 2 is 2.43 bits per heavy atom. The minimum atomic E-state index is 0.0862. The number of alkyl halides is 1. The first-order valence-corrected chi connectivity index (χ1v) is 5.26. The number of H-pyrrole nitrogens is 1. The minimum absolute atomic E-state index is 0.0862. The van der Waals surface area contributed by atoms with Crippen molar-refractivity contribution in [1.29, 1.82) is 0 Å². The fraction of sp³-hybridized carbons (Fsp3) is 0.500. The average molecular weight is 259 g/mol. The summed E-state index contributed by atoms with van der Waals surface area (Å²) in [5, 5.41) is 6.63. The Morgan fingerprint density at radius 1 is 1.71 bits per heavy atom. The molecule has 0 aromatic carbocycles. The maximum atomic E-state index is 11.6. The molecular weight excluding hydrogens is 248 g/mol. The molecule has 1 unspecified atom stereocenters. The van der Waals surface area contributed by atoms with Gasteiger partial charge < -0.3 is 10.6 Å². The van der Waals surface area contributed by atoms with Crippen LogP contribution in [0.5, 0.6) is 0 Å². The van der Waals surface area contributed by atoms with Crippen molar-refractivity contribution in [2.45, 2.75) is 18.2 Å². The summed E-state index contributed by atoms with van der Waals surface area (Å²) < 4.78 is 0. The third-order valence-corrected chi connectivity index (χ3v) is 2.90. The molecule has 3 N–H and O–H groups in total. The van der Waals surface area contributed by atoms with Crippen molar-refractivity contribution in [1.82, 2.24) is 10.2 Å². The molecular formula is C8H11BrN4O. The molecule has 1 amide bonds. The highest BCUT2D eigenvalue weighted by molar-refractivity contribution is 9.09. The highest BCUT2D eigenvalue weighted by Gasteiger charge is 2.31. The number of halogens is 1. The molecule has 0 radical (unpaired) electrons. The SMILES string of the molecule is Cc1[nH]nc(N)c1N1CC(Br)CC1=O. The normalized spacial score (nSPS) is 22.0. The van der Waals surface area contributed by atoms with Gasteiger partial charge in [0.15, 0.2) is 5.82 Å². The fourth-order valence-electron chi connectivity index (χ4n) is 1.66. The van der Waals surface area contributed by atoms with Crippen LogP contribution in [-0.4, -0.2) is 27.5 Å². The van der Waals surface area contributed by atoms with Crippen molar-refractivity contribution >= 4 is 33.3 Å². The van der Waals surface area contributed by atoms with E-state index in [0.717, 1.165) is 11.4 Å². The lowest BCUT2D eigenvalue weighted by molar-refractivity contribution is -0.117. The molecule has 1 atom stereocenters. The van der Waals surface area contributed by atoms with E-state index in [1.165, 1.54) is 0 Å². The summed E-state index contributed by atoms with van der Waals surface area (Å²) in [4.78, 5) is 13.5. The maximum absolute atomic E-state index is 11.6. The number of anilines is 2. The molecule has 14 heavy (non-hydrogen) atoms. The van der Waals surface area contributed by atoms with E-state index >= 15 is 0 Å². The van der Waals surface area contributed by atoms with Gasteiger partial charge in [-0.1, -0.05) is 15.9 Å². The Labute approximate surface area is 89.8 Å². The number of nitrogens with two attached hydrogens (primary N) is 1. The predicted octanol–water partition coefficient (Wildman–Crippen LogP) is 0.801. The molecule has 1 saturated heterocycles. The lowest BCUT2D eigenvalue weighted by Crippen LogP contribution is -2.25. The van der Waals surface area contributed by atoms with Crippen LogP contribution in [0.2, 0.25) is 0 Å². The molecule has 0 aliphatic carbocycles. The van der Waals surface area contributed by atoms with Gasteiger partial charge in [0, 0.05) is 17.8 Å². The van der Waals surface area contributed by atoms with E-state index in [0.29, 0.717) is 18.8 Å². The van der Waals surface area contributed by atoms with Gasteiger partial charge in [-0.15, -0.1) is 0 Å². The largest absolute Gasteiger partial charge is 0.380 e. The molecule has 0 saturated carbocycles. The van der Waals surface area contributed by atoms with Crippen LogP contribution in [0.4, 0.5) is 11.5 Å². The Morgan fingerprint density at radius 3 is 2.86 bits per heavy atom. The molecule has 1 aromatic rings. The summed E-state index contributed by atoms with van der Waals surface area (Å²) in [5.74, 6) is 0.473. The minimum Gasteiger partial charge on any atom is -0.380 e. The first-order valence-electron chi connectivity index (χ1n) is 4.34. The summed E-state index contributed by atoms with van der Waals surface area (Å²) >= 11 is 3.42. The molecule has 6 heteroatoms. The smallest absolute Gasteiger partial charge is 0.228 e. The zero-order valence-corrected chi connectivity index (χ0v) is 9.34. The van der Waals surface area contributed by atoms with E-state index in [2.05, 4.69) is 26.1 Å². The summed E-state index contributed by atoms with van der Waals surface area (Å²) in [6, 6.07) is 0. The third kappa shape index (κ3) is 1.39. The molecule has 1 fully saturated rings. The van der Waals surface area contributed by atoms with Gasteiger partial charge in [0.2, 0.25) is 5.91 Å². The number of amides is 1. The monoisotopic (exact) mass is 258 g/mol. The van der Waals surface area contributed by atoms with Crippen LogP contribution in [0.25, 0.3) is 0 Å². The number of hydrogen-bond donors (Lipinski definition) is 2. The van der Waals surface area contributed by atoms with Crippen LogP contribution in [0.1, 0.15) is 12.1 Å². The third-order valence-electron chi connectivity index (χ3n) is 2.29. The quantitative estimate of drug-likeness (QED) is 0.732. The van der Waals surface area contributed by atoms with Gasteiger partial charge in [-0.25, -0.2) is 0 Å². The van der Waals surface area contributed by atoms with E-state index in [4.69, 9.17) is 5.73 Å². The Bertz CT molecular complexity index is 356. The zero-order chi connectivity index (χ0) is 10.3. The fourth-order valence-corrected chi connectivity index (χ4v) is 2.23. The highest BCUT2D eigenvalue weighted by atomic mass is 79.9. The molecule has 2 heterocycles. The molecule has 0 bridgehead atoms. The molecule has 1 aliphatic rings. The van der Waals surface area contributed by atoms with Crippen LogP contribution in [0.3, 0.4) is 0 Å². The van der Waals surface area contributed by atoms with Gasteiger partial charge in [0.25, 0.3) is 0 Å². The van der Waals surface area contributed by atoms with Crippen molar-refractivity contribution in [3.05, 3.63) is 5.69 Å². The molecule has 76 valence electrons. The van der Waals surface area contributed by atoms with E-state index in [1.807, 2.05) is 6.92 Å². The lowest BCUT2D eigenvalue weighted by Gasteiger charge is -2.15. The Kier molecular flexibility index (Phi) is 2.22. The first kappa shape index (κ1) is 9.51. The number of carbonyl (C=O) groups is 1. The number of nitrogens with one attached hydrogen (secondary N) is 1. The highest BCUT2D eigenvalue weighted by Crippen LogP contribution is 2.30. The van der Waals surface area contributed by atoms with Crippen LogP contribution < -0.4 is 10.6 Å². The van der Waals surface area contributed by atoms with Crippen LogP contribution in [0, 0.1) is 6.92 Å². The number of nitrogens with zero attached hydrogens (tertiary/aromatic N) is 2. The van der Waals surface area contributed by atoms with Crippen molar-refractivity contribution in [3.63, 3.8) is 0 Å². The molecule has 5 nitrogen and oxygen atoms in total. The Hall–Kier alpha value is -1.04. The van der Waals surface area contributed by atoms with Crippen molar-refractivity contribution < 1.29 is 4.79 Å². The van der Waals surface area contributed by atoms with Gasteiger partial charge in [-0.05, 0) is 6.92 Å². The van der Waals surface area contributed by atoms with Gasteiger partial charge in [-0.3, -0.25) is 9.89 Å². The Balaban J connectivity index is 2.36. The number of hydrogen-bond acceptors (Lipinski definition) is 3. The summed E-state index contributed by atoms with van der Waals surface area (Å²) in [5.41, 5.74) is 7.23. The lowest BCUT2D eigenvalue weighted by atomic mass is 10.3. The van der Waals surface area contributed by atoms with Gasteiger partial charge in [-0.2, -0.15) is 5.10 Å². The van der Waals surface area contributed by atoms with Crippen molar-refractivity contribution in [2.75, 3.05) is 17.2 Å². The number of rotatable bonds is 1. The number of nitrogen functional groups attached to an aromatic ring is 1. The standard InChI is InChI=1S/C8H11BrN4O/c1-4-7(8(10)12-11-4)13-3-5(9)2-6(13)14/h5H,2-3H2,1H3,(H3,10,11,12). The van der Waals surface area contributed by atoms with Gasteiger partial charge in [0.1, 0.15) is 5.69 Å². The van der Waals surface area contributed by atoms with Gasteiger partial charge in [0.05, 0.1) is 5.69 Å². The maximum Gasteiger partial charge on any atom is 0.228 e. The van der Waals surface area contributed by atoms with Gasteiger partial charge >= 0.3 is 0 Å². The van der Waals surface area contributed by atoms with E-state index < -0.39 is 0 Å². The summed E-state index contributed by atoms with van der Waals surface area (Å²) in [6.07, 6.45) is 0.518. The van der Waals surface area contributed by atoms with Crippen LogP contribution >= 0.6 is 15.9 Å². The van der Waals surface area contributed by atoms with Crippen molar-refractivity contribution in [2.24, 2.45) is 0 Å². The predicted molar refractivity (Wildman–Crippen MR) is 57.4 cm³/mol. The van der Waals surface area contributed by atoms with E-state index in [1.54, 1.807) is 4.90 Å². The first-order chi connectivity index (χ1) is 6.59. The number of aromatic amines is 1. The van der Waals surface area contributed by atoms with E-state index in [9.17, 15) is 4.79 Å². The summed E-state index contributed by atoms with van der Waals surface area (Å²) in [6.45, 7) is 2.51. The summed E-state index contributed by atoms with van der Waals surface area (Å²) in [7, 11) is 0.